The molecule has 0 aromatic rings. The zero-order chi connectivity index (χ0) is 4.85. The van der Waals surface area contributed by atoms with E-state index in [1.165, 1.54) is 12.8 Å². The van der Waals surface area contributed by atoms with Crippen LogP contribution in [0.1, 0.15) is 12.8 Å². The van der Waals surface area contributed by atoms with Crippen molar-refractivity contribution in [1.29, 1.82) is 0 Å². The Morgan fingerprint density at radius 1 is 1.29 bits per heavy atom. The molecule has 1 aliphatic heterocycles. The van der Waals surface area contributed by atoms with Crippen molar-refractivity contribution >= 4 is 15.9 Å². The topological polar surface area (TPSA) is 12.5 Å². The quantitative estimate of drug-likeness (QED) is 0.387. The first-order valence-corrected chi connectivity index (χ1v) is 3.57. The molecular formula is C5H7BrO. The lowest BCUT2D eigenvalue weighted by molar-refractivity contribution is 0.327. The standard InChI is InChI=1S/C5H7BrO/c6-3-1-4-5(2-3)7-4/h3-5H,1-2H2/t4-,5-/m1/s1. The minimum Gasteiger partial charge on any atom is -0.370 e. The summed E-state index contributed by atoms with van der Waals surface area (Å²) in [6.07, 6.45) is 3.77. The van der Waals surface area contributed by atoms with E-state index in [2.05, 4.69) is 15.9 Å². The number of fused-ring (bicyclic) bond motifs is 1. The van der Waals surface area contributed by atoms with Gasteiger partial charge in [0.25, 0.3) is 0 Å². The minimum atomic E-state index is 0.643. The maximum atomic E-state index is 5.19. The van der Waals surface area contributed by atoms with Gasteiger partial charge in [-0.15, -0.1) is 0 Å². The second-order valence-corrected chi connectivity index (χ2v) is 3.58. The summed E-state index contributed by atoms with van der Waals surface area (Å²) in [6, 6.07) is 0. The molecule has 0 aromatic carbocycles. The summed E-state index contributed by atoms with van der Waals surface area (Å²) < 4.78 is 5.19. The predicted molar refractivity (Wildman–Crippen MR) is 30.6 cm³/mol. The Morgan fingerprint density at radius 3 is 2.14 bits per heavy atom. The lowest BCUT2D eigenvalue weighted by atomic mass is 10.4. The minimum absolute atomic E-state index is 0.643. The molecule has 0 spiro atoms. The Bertz CT molecular complexity index is 84.1. The number of hydrogen-bond donors (Lipinski definition) is 0. The van der Waals surface area contributed by atoms with Gasteiger partial charge in [-0.05, 0) is 12.8 Å². The molecule has 2 fully saturated rings. The molecule has 2 atom stereocenters. The fourth-order valence-corrected chi connectivity index (χ4v) is 1.93. The summed E-state index contributed by atoms with van der Waals surface area (Å²) in [7, 11) is 0. The summed E-state index contributed by atoms with van der Waals surface area (Å²) in [5, 5.41) is 0. The van der Waals surface area contributed by atoms with Crippen molar-refractivity contribution in [3.05, 3.63) is 0 Å². The zero-order valence-electron chi connectivity index (χ0n) is 3.93. The van der Waals surface area contributed by atoms with Crippen molar-refractivity contribution in [1.82, 2.24) is 0 Å². The molecule has 40 valence electrons. The van der Waals surface area contributed by atoms with Crippen molar-refractivity contribution in [2.45, 2.75) is 29.9 Å². The van der Waals surface area contributed by atoms with E-state index in [4.69, 9.17) is 4.74 Å². The van der Waals surface area contributed by atoms with E-state index in [-0.39, 0.29) is 0 Å². The second-order valence-electron chi connectivity index (χ2n) is 2.28. The third kappa shape index (κ3) is 0.609. The molecule has 0 unspecified atom stereocenters. The molecule has 1 saturated carbocycles. The summed E-state index contributed by atoms with van der Waals surface area (Å²) in [5.74, 6) is 0. The highest BCUT2D eigenvalue weighted by molar-refractivity contribution is 9.09. The Morgan fingerprint density at radius 2 is 1.86 bits per heavy atom. The van der Waals surface area contributed by atoms with Crippen LogP contribution in [-0.4, -0.2) is 17.0 Å². The average molecular weight is 163 g/mol. The van der Waals surface area contributed by atoms with Crippen molar-refractivity contribution in [3.8, 4) is 0 Å². The van der Waals surface area contributed by atoms with Crippen molar-refractivity contribution < 1.29 is 4.74 Å². The van der Waals surface area contributed by atoms with Crippen LogP contribution in [0.25, 0.3) is 0 Å². The first kappa shape index (κ1) is 4.33. The molecule has 0 amide bonds. The third-order valence-electron chi connectivity index (χ3n) is 1.66. The van der Waals surface area contributed by atoms with Crippen LogP contribution in [0, 0.1) is 0 Å². The maximum absolute atomic E-state index is 5.19. The molecule has 1 aliphatic carbocycles. The van der Waals surface area contributed by atoms with Gasteiger partial charge in [0.2, 0.25) is 0 Å². The molecule has 2 aliphatic rings. The first-order chi connectivity index (χ1) is 3.36. The maximum Gasteiger partial charge on any atom is 0.0853 e. The summed E-state index contributed by atoms with van der Waals surface area (Å²) in [6.45, 7) is 0. The Labute approximate surface area is 51.2 Å². The number of ether oxygens (including phenoxy) is 1. The monoisotopic (exact) mass is 162 g/mol. The van der Waals surface area contributed by atoms with Crippen LogP contribution < -0.4 is 0 Å². The van der Waals surface area contributed by atoms with Gasteiger partial charge in [0.15, 0.2) is 0 Å². The molecule has 2 rings (SSSR count). The van der Waals surface area contributed by atoms with E-state index in [1.807, 2.05) is 0 Å². The Hall–Kier alpha value is 0.440. The molecule has 1 heterocycles. The van der Waals surface area contributed by atoms with Gasteiger partial charge in [0.1, 0.15) is 0 Å². The number of epoxide rings is 1. The van der Waals surface area contributed by atoms with Crippen LogP contribution in [0.3, 0.4) is 0 Å². The fraction of sp³-hybridized carbons (Fsp3) is 1.00. The van der Waals surface area contributed by atoms with Crippen LogP contribution in [-0.2, 0) is 4.74 Å². The van der Waals surface area contributed by atoms with Gasteiger partial charge in [0.05, 0.1) is 12.2 Å². The zero-order valence-corrected chi connectivity index (χ0v) is 5.52. The lowest BCUT2D eigenvalue weighted by Crippen LogP contribution is -1.93. The summed E-state index contributed by atoms with van der Waals surface area (Å²) in [4.78, 5) is 0.760. The van der Waals surface area contributed by atoms with E-state index < -0.39 is 0 Å². The van der Waals surface area contributed by atoms with E-state index in [1.54, 1.807) is 0 Å². The van der Waals surface area contributed by atoms with Gasteiger partial charge in [-0.25, -0.2) is 0 Å². The predicted octanol–water partition coefficient (Wildman–Crippen LogP) is 1.31. The molecule has 0 aromatic heterocycles. The number of rotatable bonds is 0. The Balaban J connectivity index is 2.02. The van der Waals surface area contributed by atoms with Gasteiger partial charge < -0.3 is 4.74 Å². The molecule has 1 nitrogen and oxygen atoms in total. The molecule has 0 bridgehead atoms. The largest absolute Gasteiger partial charge is 0.370 e. The highest BCUT2D eigenvalue weighted by atomic mass is 79.9. The SMILES string of the molecule is BrC1C[C@H]2O[C@@H]2C1. The number of halogens is 1. The van der Waals surface area contributed by atoms with Gasteiger partial charge in [-0.1, -0.05) is 15.9 Å². The van der Waals surface area contributed by atoms with E-state index in [9.17, 15) is 0 Å². The highest BCUT2D eigenvalue weighted by Crippen LogP contribution is 2.41. The molecule has 0 N–H and O–H groups in total. The van der Waals surface area contributed by atoms with Crippen LogP contribution >= 0.6 is 15.9 Å². The molecular weight excluding hydrogens is 156 g/mol. The van der Waals surface area contributed by atoms with Gasteiger partial charge >= 0.3 is 0 Å². The number of hydrogen-bond acceptors (Lipinski definition) is 1. The van der Waals surface area contributed by atoms with Crippen LogP contribution in [0.5, 0.6) is 0 Å². The van der Waals surface area contributed by atoms with Crippen molar-refractivity contribution in [2.75, 3.05) is 0 Å². The van der Waals surface area contributed by atoms with Gasteiger partial charge in [0, 0.05) is 4.83 Å². The second kappa shape index (κ2) is 1.23. The molecule has 0 radical (unpaired) electrons. The normalized spacial score (nSPS) is 49.3. The van der Waals surface area contributed by atoms with Crippen molar-refractivity contribution in [3.63, 3.8) is 0 Å². The average Bonchev–Trinajstić information content (AvgIpc) is 2.15. The highest BCUT2D eigenvalue weighted by Gasteiger charge is 2.46. The number of alkyl halides is 1. The fourth-order valence-electron chi connectivity index (χ4n) is 1.19. The summed E-state index contributed by atoms with van der Waals surface area (Å²) >= 11 is 3.53. The van der Waals surface area contributed by atoms with Gasteiger partial charge in [-0.3, -0.25) is 0 Å². The molecule has 7 heavy (non-hydrogen) atoms. The third-order valence-corrected chi connectivity index (χ3v) is 2.41. The summed E-state index contributed by atoms with van der Waals surface area (Å²) in [5.41, 5.74) is 0. The van der Waals surface area contributed by atoms with E-state index in [0.29, 0.717) is 12.2 Å². The van der Waals surface area contributed by atoms with Crippen LogP contribution in [0.4, 0.5) is 0 Å². The van der Waals surface area contributed by atoms with Gasteiger partial charge in [-0.2, -0.15) is 0 Å². The smallest absolute Gasteiger partial charge is 0.0853 e. The Kier molecular flexibility index (Phi) is 0.762. The van der Waals surface area contributed by atoms with E-state index >= 15 is 0 Å². The lowest BCUT2D eigenvalue weighted by Gasteiger charge is -1.96. The van der Waals surface area contributed by atoms with Crippen LogP contribution in [0.2, 0.25) is 0 Å². The molecule has 2 heteroatoms. The van der Waals surface area contributed by atoms with Crippen LogP contribution in [0.15, 0.2) is 0 Å². The van der Waals surface area contributed by atoms with Crippen molar-refractivity contribution in [2.24, 2.45) is 0 Å². The molecule has 1 saturated heterocycles. The first-order valence-electron chi connectivity index (χ1n) is 2.66. The van der Waals surface area contributed by atoms with E-state index in [0.717, 1.165) is 4.83 Å².